The zero-order valence-electron chi connectivity index (χ0n) is 72.7. The van der Waals surface area contributed by atoms with Crippen molar-refractivity contribution in [2.45, 2.75) is 348 Å². The predicted molar refractivity (Wildman–Crippen MR) is 436 cm³/mol. The second-order valence-corrected chi connectivity index (χ2v) is 36.7. The molecular weight excluding hydrogens is 1240 g/mol. The number of terminal acetylenes is 1. The number of ether oxygens (including phenoxy) is 4. The first kappa shape index (κ1) is 108. The van der Waals surface area contributed by atoms with Gasteiger partial charge < -0.3 is 40.2 Å². The third kappa shape index (κ3) is 88.9. The molecule has 0 aromatic heterocycles. The van der Waals surface area contributed by atoms with Crippen LogP contribution in [0.1, 0.15) is 320 Å². The van der Waals surface area contributed by atoms with E-state index in [1.807, 2.05) is 134 Å². The number of amides is 2. The summed E-state index contributed by atoms with van der Waals surface area (Å²) in [5.74, 6) is 13.2. The number of rotatable bonds is 24. The summed E-state index contributed by atoms with van der Waals surface area (Å²) in [4.78, 5) is 44.0. The first-order chi connectivity index (χ1) is 44.9. The predicted octanol–water partition coefficient (Wildman–Crippen LogP) is 21.5. The Bertz CT molecular complexity index is 2500. The molecule has 0 saturated heterocycles. The van der Waals surface area contributed by atoms with Crippen molar-refractivity contribution < 1.29 is 38.1 Å². The molecule has 100 heavy (non-hydrogen) atoms. The molecule has 0 fully saturated rings. The normalized spacial score (nSPS) is 11.7. The molecule has 2 aromatic carbocycles. The molecule has 4 N–H and O–H groups in total. The van der Waals surface area contributed by atoms with E-state index in [-0.39, 0.29) is 56.5 Å². The minimum atomic E-state index is -0.386. The Morgan fingerprint density at radius 2 is 0.910 bits per heavy atom. The van der Waals surface area contributed by atoms with Crippen LogP contribution in [-0.4, -0.2) is 98.5 Å². The standard InChI is InChI=1S/C15H30O3.C11H22O.C11H16.C10H14O.C10H22O.C10H22.2C7H16N2O.C7H4/c1-7-15(5,6)10-12-17-11-8-9-13(16)18-14(2,3)4;1-7-11(5,6)8-9(12)10(2,3)4;1-11(2,3)9-10-7-5-4-6-8-10;1-10(2,3)11-9-7-5-4-6-8-9;1-7-10(5,6)8-11-9(2,3)4;1-7-10(5,6)8-9(2,3)4;2*1-6(10)9-5-7(2,3)8-4;1-3-5-7-6-4-2/h7-12H2,1-6H3;7-8H2,1-6H3;4-8H,9H2,1-3H3;4-8H,1-3H3;7-8H2,1-6H3;7-8H2,1-6H3;2*8H,5H2,1-4H3,(H,9,10);1H,2H3. The van der Waals surface area contributed by atoms with Crippen molar-refractivity contribution in [3.63, 3.8) is 0 Å². The Labute approximate surface area is 621 Å². The van der Waals surface area contributed by atoms with E-state index < -0.39 is 0 Å². The van der Waals surface area contributed by atoms with Crippen LogP contribution in [0.3, 0.4) is 0 Å². The van der Waals surface area contributed by atoms with Gasteiger partial charge in [-0.25, -0.2) is 0 Å². The molecule has 12 heteroatoms. The fourth-order valence-electron chi connectivity index (χ4n) is 7.29. The van der Waals surface area contributed by atoms with Crippen molar-refractivity contribution >= 4 is 23.6 Å². The molecule has 0 saturated carbocycles. The van der Waals surface area contributed by atoms with Crippen LogP contribution < -0.4 is 26.0 Å². The monoisotopic (exact) mass is 1400 g/mol. The number of nitrogens with one attached hydrogen (secondary N) is 4. The van der Waals surface area contributed by atoms with Crippen molar-refractivity contribution in [1.29, 1.82) is 0 Å². The SMILES string of the molecule is C#CC#CC#CC.CC(C)(C)Cc1ccccc1.CC(C)(C)Oc1ccccc1.CCC(C)(C)CC(=O)C(C)(C)C.CCC(C)(C)CC(C)(C)C.CCC(C)(C)CCOCCCC(=O)OC(C)(C)C.CCC(C)(C)COC(C)(C)C.CNC(C)(C)CNC(C)=O.CNC(C)(C)CNC(C)=O. The molecule has 2 amide bonds. The highest BCUT2D eigenvalue weighted by molar-refractivity contribution is 5.84. The number of carbonyl (C=O) groups excluding carboxylic acids is 4. The quantitative estimate of drug-likeness (QED) is 0.0454. The minimum Gasteiger partial charge on any atom is -0.488 e. The lowest BCUT2D eigenvalue weighted by Crippen LogP contribution is -2.46. The first-order valence-corrected chi connectivity index (χ1v) is 36.9. The number of carbonyl (C=O) groups is 4. The van der Waals surface area contributed by atoms with Crippen molar-refractivity contribution in [1.82, 2.24) is 21.3 Å². The molecule has 0 heterocycles. The van der Waals surface area contributed by atoms with E-state index in [2.05, 4.69) is 227 Å². The van der Waals surface area contributed by atoms with Crippen LogP contribution in [-0.2, 0) is 39.8 Å². The third-order valence-corrected chi connectivity index (χ3v) is 15.2. The summed E-state index contributed by atoms with van der Waals surface area (Å²) in [6, 6.07) is 20.5. The smallest absolute Gasteiger partial charge is 0.306 e. The van der Waals surface area contributed by atoms with Crippen LogP contribution in [0.4, 0.5) is 0 Å². The summed E-state index contributed by atoms with van der Waals surface area (Å²) in [5.41, 5.74) is 3.03. The second-order valence-electron chi connectivity index (χ2n) is 36.7. The van der Waals surface area contributed by atoms with Crippen LogP contribution in [0.15, 0.2) is 60.7 Å². The lowest BCUT2D eigenvalue weighted by molar-refractivity contribution is -0.155. The Morgan fingerprint density at radius 3 is 1.22 bits per heavy atom. The van der Waals surface area contributed by atoms with Crippen LogP contribution in [0, 0.1) is 73.9 Å². The van der Waals surface area contributed by atoms with Crippen LogP contribution in [0.25, 0.3) is 0 Å². The van der Waals surface area contributed by atoms with Crippen LogP contribution in [0.5, 0.6) is 5.75 Å². The summed E-state index contributed by atoms with van der Waals surface area (Å²) in [5, 5.41) is 11.6. The minimum absolute atomic E-state index is 0.00639. The number of benzene rings is 2. The zero-order chi connectivity index (χ0) is 80.3. The van der Waals surface area contributed by atoms with Crippen molar-refractivity contribution in [3.05, 3.63) is 66.2 Å². The average Bonchev–Trinajstić information content (AvgIpc) is 0.894. The Hall–Kier alpha value is -5.16. The molecule has 0 radical (unpaired) electrons. The molecule has 0 atom stereocenters. The molecule has 0 aliphatic rings. The molecule has 0 unspecified atom stereocenters. The van der Waals surface area contributed by atoms with Gasteiger partial charge in [-0.1, -0.05) is 219 Å². The fraction of sp³-hybridized carbons (Fsp3) is 0.750. The summed E-state index contributed by atoms with van der Waals surface area (Å²) in [7, 11) is 3.75. The molecule has 12 nitrogen and oxygen atoms in total. The van der Waals surface area contributed by atoms with Gasteiger partial charge in [0.2, 0.25) is 11.8 Å². The van der Waals surface area contributed by atoms with Gasteiger partial charge in [0, 0.05) is 69.5 Å². The van der Waals surface area contributed by atoms with Crippen molar-refractivity contribution in [2.75, 3.05) is 47.0 Å². The number of hydrogen-bond acceptors (Lipinski definition) is 10. The molecule has 2 rings (SSSR count). The largest absolute Gasteiger partial charge is 0.488 e. The highest BCUT2D eigenvalue weighted by Gasteiger charge is 2.28. The molecule has 0 aliphatic heterocycles. The average molecular weight is 1400 g/mol. The van der Waals surface area contributed by atoms with Gasteiger partial charge in [-0.05, 0) is 217 Å². The van der Waals surface area contributed by atoms with E-state index in [0.717, 1.165) is 51.1 Å². The highest BCUT2D eigenvalue weighted by atomic mass is 16.6. The van der Waals surface area contributed by atoms with E-state index in [1.165, 1.54) is 38.7 Å². The van der Waals surface area contributed by atoms with Gasteiger partial charge in [0.25, 0.3) is 0 Å². The van der Waals surface area contributed by atoms with Crippen LogP contribution >= 0.6 is 0 Å². The molecule has 0 spiro atoms. The number of hydrogen-bond donors (Lipinski definition) is 4. The third-order valence-electron chi connectivity index (χ3n) is 15.2. The van der Waals surface area contributed by atoms with E-state index in [0.29, 0.717) is 65.4 Å². The Balaban J connectivity index is -0.000000196. The van der Waals surface area contributed by atoms with Crippen molar-refractivity contribution in [2.24, 2.45) is 37.9 Å². The summed E-state index contributed by atoms with van der Waals surface area (Å²) >= 11 is 0. The highest BCUT2D eigenvalue weighted by Crippen LogP contribution is 2.35. The van der Waals surface area contributed by atoms with E-state index >= 15 is 0 Å². The number of Topliss-reactive ketones (excluding diaryl/α,β-unsaturated/α-hetero) is 1. The lowest BCUT2D eigenvalue weighted by Gasteiger charge is -2.31. The van der Waals surface area contributed by atoms with Gasteiger partial charge >= 0.3 is 5.97 Å². The molecule has 0 aliphatic carbocycles. The second kappa shape index (κ2) is 53.6. The number of esters is 1. The Kier molecular flexibility index (Phi) is 58.0. The van der Waals surface area contributed by atoms with Crippen LogP contribution in [0.2, 0.25) is 0 Å². The van der Waals surface area contributed by atoms with Gasteiger partial charge in [-0.3, -0.25) is 19.2 Å². The zero-order valence-corrected chi connectivity index (χ0v) is 72.7. The first-order valence-electron chi connectivity index (χ1n) is 36.9. The van der Waals surface area contributed by atoms with E-state index in [4.69, 9.17) is 25.4 Å². The van der Waals surface area contributed by atoms with E-state index in [1.54, 1.807) is 6.92 Å². The maximum absolute atomic E-state index is 11.6. The maximum Gasteiger partial charge on any atom is 0.306 e. The molecule has 0 bridgehead atoms. The van der Waals surface area contributed by atoms with E-state index in [9.17, 15) is 19.2 Å². The number of ketones is 1. The van der Waals surface area contributed by atoms with Gasteiger partial charge in [-0.15, -0.1) is 6.42 Å². The van der Waals surface area contributed by atoms with Gasteiger partial charge in [0.1, 0.15) is 22.7 Å². The number of likely N-dealkylation sites (N-methyl/N-ethyl adjacent to an activating group) is 2. The fourth-order valence-corrected chi connectivity index (χ4v) is 7.29. The Morgan fingerprint density at radius 1 is 0.490 bits per heavy atom. The van der Waals surface area contributed by atoms with Gasteiger partial charge in [0.05, 0.1) is 12.2 Å². The van der Waals surface area contributed by atoms with Gasteiger partial charge in [0.15, 0.2) is 0 Å². The van der Waals surface area contributed by atoms with Crippen molar-refractivity contribution in [3.8, 4) is 41.8 Å². The topological polar surface area (TPSA) is 153 Å². The molecule has 582 valence electrons. The molecular formula is C88H162N4O8. The lowest BCUT2D eigenvalue weighted by atomic mass is 9.75. The summed E-state index contributed by atoms with van der Waals surface area (Å²) in [6.45, 7) is 81.0. The molecule has 2 aromatic rings. The maximum atomic E-state index is 11.6. The number of para-hydroxylation sites is 1. The summed E-state index contributed by atoms with van der Waals surface area (Å²) < 4.78 is 22.1. The summed E-state index contributed by atoms with van der Waals surface area (Å²) in [6.07, 6.45) is 14.9. The van der Waals surface area contributed by atoms with Gasteiger partial charge in [-0.2, -0.15) is 0 Å².